The first-order valence-corrected chi connectivity index (χ1v) is 9.43. The quantitative estimate of drug-likeness (QED) is 0.878. The maximum Gasteiger partial charge on any atom is 0.272 e. The average Bonchev–Trinajstić information content (AvgIpc) is 2.63. The smallest absolute Gasteiger partial charge is 0.272 e. The number of nitrogens with zero attached hydrogens (tertiary/aromatic N) is 3. The number of carbonyl (C=O) groups excluding carboxylic acids is 1. The molecular weight excluding hydrogens is 324 g/mol. The number of likely N-dealkylation sites (tertiary alicyclic amines) is 1. The predicted molar refractivity (Wildman–Crippen MR) is 105 cm³/mol. The summed E-state index contributed by atoms with van der Waals surface area (Å²) in [5.41, 5.74) is 3.91. The summed E-state index contributed by atoms with van der Waals surface area (Å²) in [5, 5.41) is 3.41. The van der Waals surface area contributed by atoms with E-state index in [1.165, 1.54) is 11.9 Å². The number of piperidine rings is 1. The number of aromatic nitrogens is 2. The second-order valence-electron chi connectivity index (χ2n) is 7.58. The van der Waals surface area contributed by atoms with E-state index in [-0.39, 0.29) is 5.91 Å². The molecule has 0 aliphatic carbocycles. The van der Waals surface area contributed by atoms with E-state index in [1.54, 1.807) is 6.07 Å². The van der Waals surface area contributed by atoms with Crippen molar-refractivity contribution >= 4 is 17.4 Å². The van der Waals surface area contributed by atoms with Gasteiger partial charge < -0.3 is 10.2 Å². The summed E-state index contributed by atoms with van der Waals surface area (Å²) in [6.45, 7) is 10.3. The molecule has 0 radical (unpaired) electrons. The van der Waals surface area contributed by atoms with Crippen molar-refractivity contribution < 1.29 is 4.79 Å². The van der Waals surface area contributed by atoms with Gasteiger partial charge in [0.15, 0.2) is 0 Å². The number of rotatable bonds is 4. The van der Waals surface area contributed by atoms with Crippen molar-refractivity contribution in [2.75, 3.05) is 18.4 Å². The van der Waals surface area contributed by atoms with Crippen LogP contribution >= 0.6 is 0 Å². The Hall–Kier alpha value is -2.43. The fraction of sp³-hybridized carbons (Fsp3) is 0.476. The van der Waals surface area contributed by atoms with Gasteiger partial charge in [-0.1, -0.05) is 39.0 Å². The first-order chi connectivity index (χ1) is 12.5. The molecule has 0 atom stereocenters. The third-order valence-electron chi connectivity index (χ3n) is 5.14. The zero-order chi connectivity index (χ0) is 18.7. The van der Waals surface area contributed by atoms with Crippen molar-refractivity contribution in [3.63, 3.8) is 0 Å². The first kappa shape index (κ1) is 18.4. The number of para-hydroxylation sites is 1. The normalized spacial score (nSPS) is 15.3. The van der Waals surface area contributed by atoms with E-state index in [4.69, 9.17) is 0 Å². The van der Waals surface area contributed by atoms with E-state index in [1.807, 2.05) is 4.90 Å². The van der Waals surface area contributed by atoms with Gasteiger partial charge in [-0.2, -0.15) is 0 Å². The highest BCUT2D eigenvalue weighted by Gasteiger charge is 2.22. The molecule has 1 saturated heterocycles. The summed E-state index contributed by atoms with van der Waals surface area (Å²) in [7, 11) is 0. The molecule has 138 valence electrons. The molecule has 1 amide bonds. The fourth-order valence-electron chi connectivity index (χ4n) is 3.39. The lowest BCUT2D eigenvalue weighted by Crippen LogP contribution is -2.38. The predicted octanol–water partition coefficient (Wildman–Crippen LogP) is 4.52. The number of aryl methyl sites for hydroxylation is 1. The van der Waals surface area contributed by atoms with E-state index in [0.717, 1.165) is 37.2 Å². The van der Waals surface area contributed by atoms with Crippen molar-refractivity contribution in [2.45, 2.75) is 46.5 Å². The lowest BCUT2D eigenvalue weighted by Gasteiger charge is -2.30. The number of nitrogens with one attached hydrogen (secondary N) is 1. The molecule has 1 aromatic heterocycles. The number of carbonyl (C=O) groups is 1. The summed E-state index contributed by atoms with van der Waals surface area (Å²) in [5.74, 6) is 1.74. The summed E-state index contributed by atoms with van der Waals surface area (Å²) in [6.07, 6.45) is 3.58. The minimum absolute atomic E-state index is 0.00350. The van der Waals surface area contributed by atoms with Crippen molar-refractivity contribution in [3.05, 3.63) is 47.4 Å². The number of benzene rings is 1. The van der Waals surface area contributed by atoms with Gasteiger partial charge >= 0.3 is 0 Å². The first-order valence-electron chi connectivity index (χ1n) is 9.43. The summed E-state index contributed by atoms with van der Waals surface area (Å²) >= 11 is 0. The van der Waals surface area contributed by atoms with Crippen molar-refractivity contribution in [3.8, 4) is 0 Å². The van der Waals surface area contributed by atoms with E-state index < -0.39 is 0 Å². The zero-order valence-corrected chi connectivity index (χ0v) is 16.1. The lowest BCUT2D eigenvalue weighted by atomic mass is 9.98. The van der Waals surface area contributed by atoms with Gasteiger partial charge in [-0.25, -0.2) is 9.97 Å². The van der Waals surface area contributed by atoms with E-state index in [2.05, 4.69) is 61.2 Å². The molecule has 26 heavy (non-hydrogen) atoms. The molecule has 1 fully saturated rings. The Labute approximate surface area is 155 Å². The maximum absolute atomic E-state index is 12.8. The molecule has 1 N–H and O–H groups in total. The minimum atomic E-state index is -0.00350. The van der Waals surface area contributed by atoms with Crippen LogP contribution in [0.3, 0.4) is 0 Å². The zero-order valence-electron chi connectivity index (χ0n) is 16.1. The van der Waals surface area contributed by atoms with Gasteiger partial charge in [-0.15, -0.1) is 0 Å². The molecule has 0 unspecified atom stereocenters. The highest BCUT2D eigenvalue weighted by Crippen LogP contribution is 2.29. The van der Waals surface area contributed by atoms with Crippen LogP contribution in [-0.2, 0) is 0 Å². The van der Waals surface area contributed by atoms with Crippen LogP contribution in [0, 0.1) is 12.8 Å². The van der Waals surface area contributed by atoms with Crippen molar-refractivity contribution in [1.82, 2.24) is 14.9 Å². The molecule has 1 aliphatic heterocycles. The molecule has 0 saturated carbocycles. The topological polar surface area (TPSA) is 58.1 Å². The number of hydrogen-bond donors (Lipinski definition) is 1. The number of amides is 1. The Kier molecular flexibility index (Phi) is 5.55. The summed E-state index contributed by atoms with van der Waals surface area (Å²) in [4.78, 5) is 23.2. The maximum atomic E-state index is 12.8. The molecule has 5 nitrogen and oxygen atoms in total. The molecule has 5 heteroatoms. The van der Waals surface area contributed by atoms with Gasteiger partial charge in [0.1, 0.15) is 17.8 Å². The molecule has 1 aromatic carbocycles. The van der Waals surface area contributed by atoms with Crippen LogP contribution in [0.2, 0.25) is 0 Å². The largest absolute Gasteiger partial charge is 0.340 e. The Bertz CT molecular complexity index is 779. The Morgan fingerprint density at radius 3 is 2.65 bits per heavy atom. The van der Waals surface area contributed by atoms with Crippen LogP contribution in [0.15, 0.2) is 30.6 Å². The lowest BCUT2D eigenvalue weighted by molar-refractivity contribution is 0.0691. The van der Waals surface area contributed by atoms with Crippen LogP contribution in [0.1, 0.15) is 61.1 Å². The average molecular weight is 352 g/mol. The van der Waals surface area contributed by atoms with Gasteiger partial charge in [0.05, 0.1) is 0 Å². The summed E-state index contributed by atoms with van der Waals surface area (Å²) in [6, 6.07) is 8.04. The number of anilines is 2. The van der Waals surface area contributed by atoms with Crippen LogP contribution < -0.4 is 5.32 Å². The van der Waals surface area contributed by atoms with Gasteiger partial charge in [0.2, 0.25) is 0 Å². The highest BCUT2D eigenvalue weighted by molar-refractivity contribution is 5.93. The Morgan fingerprint density at radius 2 is 1.96 bits per heavy atom. The van der Waals surface area contributed by atoms with Gasteiger partial charge in [0.25, 0.3) is 5.91 Å². The van der Waals surface area contributed by atoms with Gasteiger partial charge in [-0.05, 0) is 42.7 Å². The van der Waals surface area contributed by atoms with Gasteiger partial charge in [-0.3, -0.25) is 4.79 Å². The molecule has 0 spiro atoms. The van der Waals surface area contributed by atoms with Crippen molar-refractivity contribution in [1.29, 1.82) is 0 Å². The molecule has 2 aromatic rings. The molecule has 1 aliphatic rings. The molecular formula is C21H28N4O. The van der Waals surface area contributed by atoms with E-state index >= 15 is 0 Å². The van der Waals surface area contributed by atoms with Gasteiger partial charge in [0, 0.05) is 24.8 Å². The SMILES string of the molecule is Cc1cccc(C(C)C)c1Nc1cc(C(=O)N2CCC(C)CC2)ncn1. The fourth-order valence-corrected chi connectivity index (χ4v) is 3.39. The standard InChI is InChI=1S/C21H28N4O/c1-14(2)17-7-5-6-16(4)20(17)24-19-12-18(22-13-23-19)21(26)25-10-8-15(3)9-11-25/h5-7,12-15H,8-11H2,1-4H3,(H,22,23,24). The second-order valence-corrected chi connectivity index (χ2v) is 7.58. The monoisotopic (exact) mass is 352 g/mol. The minimum Gasteiger partial charge on any atom is -0.340 e. The van der Waals surface area contributed by atoms with Crippen LogP contribution in [0.4, 0.5) is 11.5 Å². The van der Waals surface area contributed by atoms with E-state index in [0.29, 0.717) is 23.3 Å². The highest BCUT2D eigenvalue weighted by atomic mass is 16.2. The molecule has 0 bridgehead atoms. The number of hydrogen-bond acceptors (Lipinski definition) is 4. The van der Waals surface area contributed by atoms with Crippen LogP contribution in [0.25, 0.3) is 0 Å². The van der Waals surface area contributed by atoms with E-state index in [9.17, 15) is 4.79 Å². The van der Waals surface area contributed by atoms with Crippen LogP contribution in [-0.4, -0.2) is 33.9 Å². The van der Waals surface area contributed by atoms with Crippen LogP contribution in [0.5, 0.6) is 0 Å². The summed E-state index contributed by atoms with van der Waals surface area (Å²) < 4.78 is 0. The molecule has 2 heterocycles. The third kappa shape index (κ3) is 4.03. The second kappa shape index (κ2) is 7.85. The molecule has 3 rings (SSSR count). The Morgan fingerprint density at radius 1 is 1.23 bits per heavy atom. The van der Waals surface area contributed by atoms with Crippen molar-refractivity contribution in [2.24, 2.45) is 5.92 Å². The Balaban J connectivity index is 1.81. The third-order valence-corrected chi connectivity index (χ3v) is 5.14.